The number of hydrogen-bond donors (Lipinski definition) is 2. The summed E-state index contributed by atoms with van der Waals surface area (Å²) in [6, 6.07) is 5.93. The largest absolute Gasteiger partial charge is 0.329 e. The summed E-state index contributed by atoms with van der Waals surface area (Å²) < 4.78 is 3.17. The molecule has 3 saturated heterocycles. The number of hydrogen-bond acceptors (Lipinski definition) is 6. The Labute approximate surface area is 224 Å². The van der Waals surface area contributed by atoms with Crippen LogP contribution in [0.25, 0.3) is 11.0 Å². The third-order valence-corrected chi connectivity index (χ3v) is 9.83. The van der Waals surface area contributed by atoms with E-state index in [1.54, 1.807) is 16.2 Å². The lowest BCUT2D eigenvalue weighted by Crippen LogP contribution is -2.60. The second-order valence-corrected chi connectivity index (χ2v) is 12.5. The molecule has 4 fully saturated rings. The Balaban J connectivity index is 1.02. The lowest BCUT2D eigenvalue weighted by atomic mass is 9.71. The highest BCUT2D eigenvalue weighted by Crippen LogP contribution is 2.41. The van der Waals surface area contributed by atoms with E-state index in [4.69, 9.17) is 5.73 Å². The van der Waals surface area contributed by atoms with Crippen molar-refractivity contribution < 1.29 is 9.59 Å². The van der Waals surface area contributed by atoms with Gasteiger partial charge in [-0.3, -0.25) is 24.0 Å². The summed E-state index contributed by atoms with van der Waals surface area (Å²) in [5.41, 5.74) is 9.18. The Morgan fingerprint density at radius 2 is 1.71 bits per heavy atom. The second kappa shape index (κ2) is 10.2. The van der Waals surface area contributed by atoms with Crippen LogP contribution in [-0.4, -0.2) is 76.1 Å². The van der Waals surface area contributed by atoms with Gasteiger partial charge in [-0.2, -0.15) is 0 Å². The highest BCUT2D eigenvalue weighted by Gasteiger charge is 2.44. The Morgan fingerprint density at radius 1 is 0.974 bits per heavy atom. The molecule has 0 radical (unpaired) electrons. The maximum Gasteiger partial charge on any atom is 0.329 e. The molecule has 206 valence electrons. The first kappa shape index (κ1) is 25.8. The van der Waals surface area contributed by atoms with Crippen molar-refractivity contribution >= 4 is 22.8 Å². The molecule has 1 aliphatic carbocycles. The second-order valence-electron chi connectivity index (χ2n) is 12.5. The van der Waals surface area contributed by atoms with Crippen molar-refractivity contribution in [3.63, 3.8) is 0 Å². The Morgan fingerprint density at radius 3 is 2.42 bits per heavy atom. The number of carbonyl (C=O) groups is 2. The van der Waals surface area contributed by atoms with Gasteiger partial charge in [-0.05, 0) is 93.5 Å². The monoisotopic (exact) mass is 522 g/mol. The molecule has 2 amide bonds. The molecule has 3 aliphatic heterocycles. The number of likely N-dealkylation sites (tertiary alicyclic amines) is 2. The smallest absolute Gasteiger partial charge is 0.328 e. The van der Waals surface area contributed by atoms with Gasteiger partial charge in [0.1, 0.15) is 6.04 Å². The number of imide groups is 1. The van der Waals surface area contributed by atoms with Crippen LogP contribution in [0.3, 0.4) is 0 Å². The van der Waals surface area contributed by atoms with Crippen LogP contribution in [0.2, 0.25) is 0 Å². The molecule has 1 atom stereocenters. The molecule has 1 aromatic heterocycles. The fraction of sp³-hybridized carbons (Fsp3) is 0.690. The molecule has 6 rings (SSSR count). The van der Waals surface area contributed by atoms with E-state index in [-0.39, 0.29) is 18.0 Å². The summed E-state index contributed by atoms with van der Waals surface area (Å²) in [5.74, 6) is 0.181. The quantitative estimate of drug-likeness (QED) is 0.561. The number of amides is 2. The minimum atomic E-state index is -0.639. The van der Waals surface area contributed by atoms with Crippen LogP contribution in [-0.2, 0) is 23.1 Å². The van der Waals surface area contributed by atoms with Gasteiger partial charge in [0, 0.05) is 45.7 Å². The molecule has 1 unspecified atom stereocenters. The summed E-state index contributed by atoms with van der Waals surface area (Å²) in [6.45, 7) is 7.18. The maximum absolute atomic E-state index is 13.0. The van der Waals surface area contributed by atoms with E-state index >= 15 is 0 Å². The molecule has 38 heavy (non-hydrogen) atoms. The van der Waals surface area contributed by atoms with Crippen molar-refractivity contribution in [3.8, 4) is 0 Å². The molecule has 1 saturated carbocycles. The predicted molar refractivity (Wildman–Crippen MR) is 147 cm³/mol. The van der Waals surface area contributed by atoms with Crippen LogP contribution in [0.15, 0.2) is 23.0 Å². The van der Waals surface area contributed by atoms with Gasteiger partial charge in [-0.25, -0.2) is 4.79 Å². The maximum atomic E-state index is 13.0. The number of aryl methyl sites for hydroxylation is 1. The average molecular weight is 523 g/mol. The fourth-order valence-electron chi connectivity index (χ4n) is 7.40. The molecule has 3 N–H and O–H groups in total. The molecule has 4 aliphatic rings. The van der Waals surface area contributed by atoms with Crippen LogP contribution in [0, 0.1) is 11.3 Å². The van der Waals surface area contributed by atoms with Crippen molar-refractivity contribution in [3.05, 3.63) is 34.2 Å². The standard InChI is InChI=1S/C29H42N6O3/c1-32-25-16-20(4-7-23(25)35(28(32)38)24-8-9-26(36)31-27(24)37)10-13-34-18-29(19-34)11-14-33(15-12-29)17-21-2-5-22(30)6-3-21/h4,7,16,21-22,24H,2-3,5-6,8-15,17-19,30H2,1H3,(H,31,36,37). The zero-order chi connectivity index (χ0) is 26.4. The number of aromatic nitrogens is 2. The minimum Gasteiger partial charge on any atom is -0.328 e. The summed E-state index contributed by atoms with van der Waals surface area (Å²) in [5, 5.41) is 2.37. The zero-order valence-corrected chi connectivity index (χ0v) is 22.7. The number of nitrogens with zero attached hydrogens (tertiary/aromatic N) is 4. The van der Waals surface area contributed by atoms with Gasteiger partial charge in [-0.1, -0.05) is 6.07 Å². The third-order valence-electron chi connectivity index (χ3n) is 9.83. The summed E-state index contributed by atoms with van der Waals surface area (Å²) in [6.07, 6.45) is 9.20. The van der Waals surface area contributed by atoms with E-state index in [9.17, 15) is 14.4 Å². The summed E-state index contributed by atoms with van der Waals surface area (Å²) >= 11 is 0. The lowest BCUT2D eigenvalue weighted by Gasteiger charge is -2.54. The average Bonchev–Trinajstić information content (AvgIpc) is 3.13. The van der Waals surface area contributed by atoms with E-state index < -0.39 is 11.9 Å². The Kier molecular flexibility index (Phi) is 6.95. The van der Waals surface area contributed by atoms with Gasteiger partial charge in [-0.15, -0.1) is 0 Å². The predicted octanol–water partition coefficient (Wildman–Crippen LogP) is 1.78. The van der Waals surface area contributed by atoms with Gasteiger partial charge < -0.3 is 15.5 Å². The van der Waals surface area contributed by atoms with E-state index in [1.807, 2.05) is 6.07 Å². The van der Waals surface area contributed by atoms with Crippen molar-refractivity contribution in [1.29, 1.82) is 0 Å². The van der Waals surface area contributed by atoms with Crippen LogP contribution in [0.1, 0.15) is 63.0 Å². The van der Waals surface area contributed by atoms with Gasteiger partial charge >= 0.3 is 5.69 Å². The molecule has 4 heterocycles. The normalized spacial score (nSPS) is 28.5. The highest BCUT2D eigenvalue weighted by molar-refractivity contribution is 6.00. The molecule has 1 aromatic carbocycles. The van der Waals surface area contributed by atoms with Crippen LogP contribution in [0.4, 0.5) is 0 Å². The molecule has 9 heteroatoms. The first-order chi connectivity index (χ1) is 18.3. The van der Waals surface area contributed by atoms with Gasteiger partial charge in [0.2, 0.25) is 11.8 Å². The Hall–Kier alpha value is -2.49. The van der Waals surface area contributed by atoms with Gasteiger partial charge in [0.25, 0.3) is 0 Å². The lowest BCUT2D eigenvalue weighted by molar-refractivity contribution is -0.135. The van der Waals surface area contributed by atoms with Crippen molar-refractivity contribution in [1.82, 2.24) is 24.3 Å². The van der Waals surface area contributed by atoms with Gasteiger partial charge in [0.15, 0.2) is 0 Å². The molecule has 1 spiro atoms. The van der Waals surface area contributed by atoms with Crippen LogP contribution < -0.4 is 16.7 Å². The third kappa shape index (κ3) is 4.96. The number of nitrogens with two attached hydrogens (primary N) is 1. The number of piperidine rings is 2. The first-order valence-corrected chi connectivity index (χ1v) is 14.5. The first-order valence-electron chi connectivity index (χ1n) is 14.5. The number of fused-ring (bicyclic) bond motifs is 1. The fourth-order valence-corrected chi connectivity index (χ4v) is 7.40. The molecule has 0 bridgehead atoms. The minimum absolute atomic E-state index is 0.213. The van der Waals surface area contributed by atoms with E-state index in [1.165, 1.54) is 76.8 Å². The number of imidazole rings is 1. The SMILES string of the molecule is Cn1c(=O)n(C2CCC(=O)NC2=O)c2ccc(CCN3CC4(CCN(CC5CCC(N)CC5)CC4)C3)cc21. The molecular formula is C29H42N6O3. The Bertz CT molecular complexity index is 1260. The summed E-state index contributed by atoms with van der Waals surface area (Å²) in [7, 11) is 1.76. The van der Waals surface area contributed by atoms with Crippen molar-refractivity contribution in [2.45, 2.75) is 69.9 Å². The number of carbonyl (C=O) groups excluding carboxylic acids is 2. The number of benzene rings is 1. The van der Waals surface area contributed by atoms with E-state index in [0.717, 1.165) is 29.9 Å². The molecular weight excluding hydrogens is 480 g/mol. The topological polar surface area (TPSA) is 106 Å². The van der Waals surface area contributed by atoms with Gasteiger partial charge in [0.05, 0.1) is 11.0 Å². The molecule has 2 aromatic rings. The number of rotatable bonds is 6. The van der Waals surface area contributed by atoms with Crippen LogP contribution >= 0.6 is 0 Å². The number of nitrogens with one attached hydrogen (secondary N) is 1. The van der Waals surface area contributed by atoms with E-state index in [0.29, 0.717) is 17.9 Å². The summed E-state index contributed by atoms with van der Waals surface area (Å²) in [4.78, 5) is 42.3. The van der Waals surface area contributed by atoms with Crippen LogP contribution in [0.5, 0.6) is 0 Å². The zero-order valence-electron chi connectivity index (χ0n) is 22.7. The van der Waals surface area contributed by atoms with Crippen molar-refractivity contribution in [2.24, 2.45) is 24.1 Å². The molecule has 9 nitrogen and oxygen atoms in total. The van der Waals surface area contributed by atoms with Crippen molar-refractivity contribution in [2.75, 3.05) is 39.3 Å². The van der Waals surface area contributed by atoms with E-state index in [2.05, 4.69) is 27.2 Å². The highest BCUT2D eigenvalue weighted by atomic mass is 16.2.